The number of hydrogen-bond donors (Lipinski definition) is 0. The Bertz CT molecular complexity index is 665. The number of nitrogens with zero attached hydrogens (tertiary/aromatic N) is 1. The van der Waals surface area contributed by atoms with Gasteiger partial charge >= 0.3 is 5.69 Å². The lowest BCUT2D eigenvalue weighted by atomic mass is 10.2. The Morgan fingerprint density at radius 3 is 2.52 bits per heavy atom. The maximum absolute atomic E-state index is 10.9. The lowest BCUT2D eigenvalue weighted by Gasteiger charge is -2.04. The Kier molecular flexibility index (Phi) is 4.82. The molecule has 2 rings (SSSR count). The zero-order valence-electron chi connectivity index (χ0n) is 11.1. The van der Waals surface area contributed by atoms with Crippen LogP contribution in [0.25, 0.3) is 6.08 Å². The molecule has 0 radical (unpaired) electrons. The van der Waals surface area contributed by atoms with E-state index in [-0.39, 0.29) is 18.0 Å². The number of aldehydes is 1. The second-order valence-electron chi connectivity index (χ2n) is 4.23. The summed E-state index contributed by atoms with van der Waals surface area (Å²) in [6.45, 7) is 0.179. The number of benzene rings is 2. The van der Waals surface area contributed by atoms with Crippen LogP contribution in [0.3, 0.4) is 0 Å². The van der Waals surface area contributed by atoms with E-state index >= 15 is 0 Å². The van der Waals surface area contributed by atoms with Crippen molar-refractivity contribution in [2.24, 2.45) is 0 Å². The van der Waals surface area contributed by atoms with Crippen LogP contribution in [-0.2, 0) is 0 Å². The highest BCUT2D eigenvalue weighted by atomic mass is 16.6. The monoisotopic (exact) mass is 283 g/mol. The Morgan fingerprint density at radius 1 is 1.10 bits per heavy atom. The lowest BCUT2D eigenvalue weighted by Crippen LogP contribution is -1.99. The quantitative estimate of drug-likeness (QED) is 0.462. The maximum atomic E-state index is 10.9. The average molecular weight is 283 g/mol. The Labute approximate surface area is 121 Å². The fraction of sp³-hybridized carbons (Fsp3) is 0.0625. The fourth-order valence-electron chi connectivity index (χ4n) is 1.76. The average Bonchev–Trinajstić information content (AvgIpc) is 2.52. The molecule has 5 heteroatoms. The summed E-state index contributed by atoms with van der Waals surface area (Å²) in [4.78, 5) is 21.1. The van der Waals surface area contributed by atoms with Crippen molar-refractivity contribution in [2.45, 2.75) is 0 Å². The van der Waals surface area contributed by atoms with Crippen LogP contribution in [0, 0.1) is 10.1 Å². The minimum atomic E-state index is -0.537. The number of carbonyl (C=O) groups is 1. The molecule has 0 fully saturated rings. The minimum Gasteiger partial charge on any atom is -0.483 e. The van der Waals surface area contributed by atoms with Gasteiger partial charge in [-0.05, 0) is 23.8 Å². The molecule has 0 saturated heterocycles. The van der Waals surface area contributed by atoms with Crippen LogP contribution in [0.2, 0.25) is 0 Å². The molecule has 0 aliphatic carbocycles. The smallest absolute Gasteiger partial charge is 0.310 e. The summed E-state index contributed by atoms with van der Waals surface area (Å²) >= 11 is 0. The summed E-state index contributed by atoms with van der Waals surface area (Å²) in [5.74, 6) is 0.0855. The number of nitro groups is 1. The van der Waals surface area contributed by atoms with E-state index in [1.807, 2.05) is 36.4 Å². The highest BCUT2D eigenvalue weighted by molar-refractivity contribution is 5.77. The van der Waals surface area contributed by atoms with Crippen LogP contribution >= 0.6 is 0 Å². The molecule has 0 aromatic heterocycles. The molecule has 2 aromatic carbocycles. The number of nitro benzene ring substituents is 1. The molecule has 0 N–H and O–H groups in total. The zero-order chi connectivity index (χ0) is 15.1. The van der Waals surface area contributed by atoms with Gasteiger partial charge in [0.15, 0.2) is 5.75 Å². The van der Waals surface area contributed by atoms with E-state index in [1.54, 1.807) is 6.08 Å². The Morgan fingerprint density at radius 2 is 1.86 bits per heavy atom. The first-order chi connectivity index (χ1) is 10.2. The van der Waals surface area contributed by atoms with Gasteiger partial charge in [-0.2, -0.15) is 0 Å². The summed E-state index contributed by atoms with van der Waals surface area (Å²) in [6.07, 6.45) is 4.23. The SMILES string of the molecule is O=Cc1ccc([N+](=O)[O-])c(OCC=Cc2ccccc2)c1. The molecule has 21 heavy (non-hydrogen) atoms. The number of carbonyl (C=O) groups excluding carboxylic acids is 1. The van der Waals surface area contributed by atoms with Gasteiger partial charge in [-0.15, -0.1) is 0 Å². The molecule has 0 atom stereocenters. The number of rotatable bonds is 6. The normalized spacial score (nSPS) is 10.5. The van der Waals surface area contributed by atoms with Crippen LogP contribution in [0.1, 0.15) is 15.9 Å². The Hall–Kier alpha value is -2.95. The molecule has 0 spiro atoms. The highest BCUT2D eigenvalue weighted by Crippen LogP contribution is 2.27. The molecule has 0 amide bonds. The zero-order valence-corrected chi connectivity index (χ0v) is 11.1. The van der Waals surface area contributed by atoms with Gasteiger partial charge in [-0.1, -0.05) is 36.4 Å². The van der Waals surface area contributed by atoms with Crippen LogP contribution < -0.4 is 4.74 Å². The van der Waals surface area contributed by atoms with Gasteiger partial charge in [-0.3, -0.25) is 14.9 Å². The number of ether oxygens (including phenoxy) is 1. The third-order valence-corrected chi connectivity index (χ3v) is 2.76. The predicted octanol–water partition coefficient (Wildman–Crippen LogP) is 3.50. The van der Waals surface area contributed by atoms with Crippen LogP contribution in [0.15, 0.2) is 54.6 Å². The third-order valence-electron chi connectivity index (χ3n) is 2.76. The van der Waals surface area contributed by atoms with Crippen LogP contribution in [0.4, 0.5) is 5.69 Å². The molecule has 0 bridgehead atoms. The van der Waals surface area contributed by atoms with Crippen molar-refractivity contribution in [3.63, 3.8) is 0 Å². The highest BCUT2D eigenvalue weighted by Gasteiger charge is 2.14. The predicted molar refractivity (Wildman–Crippen MR) is 79.5 cm³/mol. The van der Waals surface area contributed by atoms with E-state index in [0.29, 0.717) is 11.8 Å². The third kappa shape index (κ3) is 4.01. The molecule has 106 valence electrons. The molecule has 0 aliphatic rings. The molecule has 0 saturated carbocycles. The standard InChI is InChI=1S/C16H13NO4/c18-12-14-8-9-15(17(19)20)16(11-14)21-10-4-7-13-5-2-1-3-6-13/h1-9,11-12H,10H2. The molecule has 0 aliphatic heterocycles. The Balaban J connectivity index is 2.07. The first kappa shape index (κ1) is 14.5. The summed E-state index contributed by atoms with van der Waals surface area (Å²) < 4.78 is 5.38. The summed E-state index contributed by atoms with van der Waals surface area (Å²) in [5, 5.41) is 10.9. The lowest BCUT2D eigenvalue weighted by molar-refractivity contribution is -0.385. The molecular formula is C16H13NO4. The van der Waals surface area contributed by atoms with E-state index in [1.165, 1.54) is 18.2 Å². The minimum absolute atomic E-state index is 0.0855. The second kappa shape index (κ2) is 7.00. The van der Waals surface area contributed by atoms with Crippen LogP contribution in [-0.4, -0.2) is 17.8 Å². The maximum Gasteiger partial charge on any atom is 0.310 e. The van der Waals surface area contributed by atoms with Gasteiger partial charge in [0.1, 0.15) is 12.9 Å². The van der Waals surface area contributed by atoms with E-state index < -0.39 is 4.92 Å². The molecule has 5 nitrogen and oxygen atoms in total. The first-order valence-corrected chi connectivity index (χ1v) is 6.28. The van der Waals surface area contributed by atoms with Crippen molar-refractivity contribution in [3.05, 3.63) is 75.8 Å². The molecule has 0 unspecified atom stereocenters. The van der Waals surface area contributed by atoms with Crippen molar-refractivity contribution in [1.29, 1.82) is 0 Å². The fourth-order valence-corrected chi connectivity index (χ4v) is 1.76. The van der Waals surface area contributed by atoms with Crippen molar-refractivity contribution in [2.75, 3.05) is 6.61 Å². The van der Waals surface area contributed by atoms with Gasteiger partial charge in [0, 0.05) is 11.6 Å². The van der Waals surface area contributed by atoms with Crippen molar-refractivity contribution in [1.82, 2.24) is 0 Å². The van der Waals surface area contributed by atoms with Gasteiger partial charge in [0.25, 0.3) is 0 Å². The molecule has 2 aromatic rings. The van der Waals surface area contributed by atoms with E-state index in [4.69, 9.17) is 4.74 Å². The van der Waals surface area contributed by atoms with Gasteiger partial charge in [0.05, 0.1) is 4.92 Å². The van der Waals surface area contributed by atoms with Crippen molar-refractivity contribution in [3.8, 4) is 5.75 Å². The van der Waals surface area contributed by atoms with E-state index in [0.717, 1.165) is 5.56 Å². The second-order valence-corrected chi connectivity index (χ2v) is 4.23. The van der Waals surface area contributed by atoms with Crippen molar-refractivity contribution < 1.29 is 14.5 Å². The number of hydrogen-bond acceptors (Lipinski definition) is 4. The molecular weight excluding hydrogens is 270 g/mol. The van der Waals surface area contributed by atoms with Crippen LogP contribution in [0.5, 0.6) is 5.75 Å². The van der Waals surface area contributed by atoms with Gasteiger partial charge in [-0.25, -0.2) is 0 Å². The van der Waals surface area contributed by atoms with Gasteiger partial charge in [0.2, 0.25) is 0 Å². The summed E-state index contributed by atoms with van der Waals surface area (Å²) in [7, 11) is 0. The summed E-state index contributed by atoms with van der Waals surface area (Å²) in [5.41, 5.74) is 1.19. The first-order valence-electron chi connectivity index (χ1n) is 6.28. The summed E-state index contributed by atoms with van der Waals surface area (Å²) in [6, 6.07) is 13.6. The van der Waals surface area contributed by atoms with E-state index in [2.05, 4.69) is 0 Å². The van der Waals surface area contributed by atoms with Crippen molar-refractivity contribution >= 4 is 18.0 Å². The van der Waals surface area contributed by atoms with E-state index in [9.17, 15) is 14.9 Å². The molecule has 0 heterocycles. The largest absolute Gasteiger partial charge is 0.483 e. The topological polar surface area (TPSA) is 69.4 Å². The van der Waals surface area contributed by atoms with Gasteiger partial charge < -0.3 is 4.74 Å².